The van der Waals surface area contributed by atoms with Crippen molar-refractivity contribution < 1.29 is 9.31 Å². The van der Waals surface area contributed by atoms with Crippen LogP contribution < -0.4 is 5.32 Å². The van der Waals surface area contributed by atoms with Gasteiger partial charge in [0.25, 0.3) is 5.69 Å². The highest BCUT2D eigenvalue weighted by molar-refractivity contribution is 7.08. The number of non-ortho nitro benzene ring substituents is 1. The quantitative estimate of drug-likeness (QED) is 0.674. The van der Waals surface area contributed by atoms with E-state index in [1.807, 2.05) is 6.92 Å². The van der Waals surface area contributed by atoms with Crippen LogP contribution in [-0.2, 0) is 13.1 Å². The molecule has 100 valence electrons. The van der Waals surface area contributed by atoms with Crippen LogP contribution in [0, 0.1) is 22.9 Å². The van der Waals surface area contributed by atoms with Crippen molar-refractivity contribution in [1.29, 1.82) is 0 Å². The molecule has 1 aromatic heterocycles. The smallest absolute Gasteiger partial charge is 0.272 e. The lowest BCUT2D eigenvalue weighted by Gasteiger charge is -2.05. The van der Waals surface area contributed by atoms with E-state index in [0.29, 0.717) is 18.7 Å². The highest BCUT2D eigenvalue weighted by Gasteiger charge is 2.09. The SMILES string of the molecule is Cc1cscc1CNCc1cc(F)cc([N+](=O)[O-])c1. The fourth-order valence-electron chi connectivity index (χ4n) is 1.75. The number of thiophene rings is 1. The van der Waals surface area contributed by atoms with Gasteiger partial charge in [0.1, 0.15) is 5.82 Å². The minimum atomic E-state index is -0.588. The molecule has 0 unspecified atom stereocenters. The molecule has 1 heterocycles. The molecule has 2 aromatic rings. The predicted molar refractivity (Wildman–Crippen MR) is 72.7 cm³/mol. The number of halogens is 1. The molecule has 0 saturated carbocycles. The van der Waals surface area contributed by atoms with Crippen LogP contribution >= 0.6 is 11.3 Å². The fraction of sp³-hybridized carbons (Fsp3) is 0.231. The Kier molecular flexibility index (Phi) is 4.24. The molecule has 0 bridgehead atoms. The molecule has 0 saturated heterocycles. The summed E-state index contributed by atoms with van der Waals surface area (Å²) in [5.41, 5.74) is 2.75. The molecule has 19 heavy (non-hydrogen) atoms. The van der Waals surface area contributed by atoms with Gasteiger partial charge in [-0.05, 0) is 40.4 Å². The van der Waals surface area contributed by atoms with Crippen LogP contribution in [0.5, 0.6) is 0 Å². The molecule has 4 nitrogen and oxygen atoms in total. The molecule has 0 atom stereocenters. The first-order chi connectivity index (χ1) is 9.06. The van der Waals surface area contributed by atoms with E-state index >= 15 is 0 Å². The van der Waals surface area contributed by atoms with Crippen LogP contribution in [0.4, 0.5) is 10.1 Å². The Morgan fingerprint density at radius 1 is 1.32 bits per heavy atom. The van der Waals surface area contributed by atoms with E-state index in [2.05, 4.69) is 16.1 Å². The largest absolute Gasteiger partial charge is 0.309 e. The van der Waals surface area contributed by atoms with Crippen LogP contribution in [-0.4, -0.2) is 4.92 Å². The topological polar surface area (TPSA) is 55.2 Å². The summed E-state index contributed by atoms with van der Waals surface area (Å²) in [6.07, 6.45) is 0. The Bertz CT molecular complexity index is 598. The summed E-state index contributed by atoms with van der Waals surface area (Å²) in [5.74, 6) is -0.585. The maximum absolute atomic E-state index is 13.2. The number of nitro groups is 1. The molecule has 0 spiro atoms. The summed E-state index contributed by atoms with van der Waals surface area (Å²) in [5, 5.41) is 17.9. The number of rotatable bonds is 5. The zero-order chi connectivity index (χ0) is 13.8. The van der Waals surface area contributed by atoms with E-state index < -0.39 is 10.7 Å². The lowest BCUT2D eigenvalue weighted by atomic mass is 10.2. The minimum absolute atomic E-state index is 0.219. The average molecular weight is 280 g/mol. The molecular weight excluding hydrogens is 267 g/mol. The van der Waals surface area contributed by atoms with E-state index in [4.69, 9.17) is 0 Å². The van der Waals surface area contributed by atoms with Gasteiger partial charge < -0.3 is 5.32 Å². The van der Waals surface area contributed by atoms with Crippen molar-refractivity contribution in [3.05, 3.63) is 61.6 Å². The van der Waals surface area contributed by atoms with E-state index in [0.717, 1.165) is 6.07 Å². The molecule has 0 aliphatic carbocycles. The Morgan fingerprint density at radius 3 is 2.74 bits per heavy atom. The summed E-state index contributed by atoms with van der Waals surface area (Å²) in [6, 6.07) is 3.61. The molecule has 6 heteroatoms. The third-order valence-corrected chi connectivity index (χ3v) is 3.67. The number of aryl methyl sites for hydroxylation is 1. The van der Waals surface area contributed by atoms with Crippen molar-refractivity contribution in [2.45, 2.75) is 20.0 Å². The summed E-state index contributed by atoms with van der Waals surface area (Å²) >= 11 is 1.63. The van der Waals surface area contributed by atoms with Gasteiger partial charge in [-0.3, -0.25) is 10.1 Å². The molecule has 2 rings (SSSR count). The number of nitrogens with one attached hydrogen (secondary N) is 1. The first-order valence-corrected chi connectivity index (χ1v) is 6.67. The lowest BCUT2D eigenvalue weighted by molar-refractivity contribution is -0.385. The van der Waals surface area contributed by atoms with Gasteiger partial charge in [0.05, 0.1) is 11.0 Å². The Balaban J connectivity index is 2.00. The van der Waals surface area contributed by atoms with Gasteiger partial charge in [-0.25, -0.2) is 4.39 Å². The average Bonchev–Trinajstić information content (AvgIpc) is 2.74. The van der Waals surface area contributed by atoms with Gasteiger partial charge in [0, 0.05) is 19.2 Å². The number of hydrogen-bond donors (Lipinski definition) is 1. The summed E-state index contributed by atoms with van der Waals surface area (Å²) in [4.78, 5) is 10.0. The number of nitro benzene ring substituents is 1. The maximum Gasteiger partial charge on any atom is 0.272 e. The predicted octanol–water partition coefficient (Wildman–Crippen LogP) is 3.39. The van der Waals surface area contributed by atoms with Crippen LogP contribution in [0.15, 0.2) is 29.0 Å². The molecule has 0 radical (unpaired) electrons. The van der Waals surface area contributed by atoms with Crippen LogP contribution in [0.1, 0.15) is 16.7 Å². The van der Waals surface area contributed by atoms with Gasteiger partial charge in [-0.1, -0.05) is 0 Å². The van der Waals surface area contributed by atoms with E-state index in [-0.39, 0.29) is 5.69 Å². The second kappa shape index (κ2) is 5.90. The molecule has 1 N–H and O–H groups in total. The van der Waals surface area contributed by atoms with Crippen molar-refractivity contribution >= 4 is 17.0 Å². The van der Waals surface area contributed by atoms with Gasteiger partial charge in [-0.15, -0.1) is 0 Å². The van der Waals surface area contributed by atoms with Crippen LogP contribution in [0.25, 0.3) is 0 Å². The molecule has 0 fully saturated rings. The van der Waals surface area contributed by atoms with Crippen molar-refractivity contribution in [3.63, 3.8) is 0 Å². The number of benzene rings is 1. The third kappa shape index (κ3) is 3.59. The Morgan fingerprint density at radius 2 is 2.11 bits per heavy atom. The summed E-state index contributed by atoms with van der Waals surface area (Å²) in [7, 11) is 0. The fourth-order valence-corrected chi connectivity index (χ4v) is 2.61. The maximum atomic E-state index is 13.2. The summed E-state index contributed by atoms with van der Waals surface area (Å²) < 4.78 is 13.2. The summed E-state index contributed by atoms with van der Waals surface area (Å²) in [6.45, 7) is 3.09. The van der Waals surface area contributed by atoms with Gasteiger partial charge >= 0.3 is 0 Å². The van der Waals surface area contributed by atoms with Crippen molar-refractivity contribution in [1.82, 2.24) is 5.32 Å². The second-order valence-corrected chi connectivity index (χ2v) is 5.00. The van der Waals surface area contributed by atoms with Gasteiger partial charge in [0.15, 0.2) is 0 Å². The molecule has 0 aliphatic rings. The first kappa shape index (κ1) is 13.6. The highest BCUT2D eigenvalue weighted by atomic mass is 32.1. The molecule has 0 aliphatic heterocycles. The van der Waals surface area contributed by atoms with Crippen LogP contribution in [0.3, 0.4) is 0 Å². The van der Waals surface area contributed by atoms with Gasteiger partial charge in [-0.2, -0.15) is 11.3 Å². The van der Waals surface area contributed by atoms with Crippen LogP contribution in [0.2, 0.25) is 0 Å². The Labute approximate surface area is 114 Å². The molecular formula is C13H13FN2O2S. The van der Waals surface area contributed by atoms with E-state index in [1.165, 1.54) is 23.3 Å². The number of nitrogens with zero attached hydrogens (tertiary/aromatic N) is 1. The van der Waals surface area contributed by atoms with E-state index in [1.54, 1.807) is 11.3 Å². The lowest BCUT2D eigenvalue weighted by Crippen LogP contribution is -2.13. The first-order valence-electron chi connectivity index (χ1n) is 5.72. The van der Waals surface area contributed by atoms with Gasteiger partial charge in [0.2, 0.25) is 0 Å². The van der Waals surface area contributed by atoms with E-state index in [9.17, 15) is 14.5 Å². The minimum Gasteiger partial charge on any atom is -0.309 e. The van der Waals surface area contributed by atoms with Crippen molar-refractivity contribution in [2.24, 2.45) is 0 Å². The third-order valence-electron chi connectivity index (χ3n) is 2.76. The zero-order valence-electron chi connectivity index (χ0n) is 10.4. The number of hydrogen-bond acceptors (Lipinski definition) is 4. The standard InChI is InChI=1S/C13H13FN2O2S/c1-9-7-19-8-11(9)6-15-5-10-2-12(14)4-13(3-10)16(17)18/h2-4,7-8,15H,5-6H2,1H3. The van der Waals surface area contributed by atoms with Crippen molar-refractivity contribution in [2.75, 3.05) is 0 Å². The molecule has 1 aromatic carbocycles. The van der Waals surface area contributed by atoms with Crippen molar-refractivity contribution in [3.8, 4) is 0 Å². The second-order valence-electron chi connectivity index (χ2n) is 4.26. The normalized spacial score (nSPS) is 10.6. The zero-order valence-corrected chi connectivity index (χ0v) is 11.2. The Hall–Kier alpha value is -1.79. The highest BCUT2D eigenvalue weighted by Crippen LogP contribution is 2.17. The molecule has 0 amide bonds. The monoisotopic (exact) mass is 280 g/mol.